The highest BCUT2D eigenvalue weighted by Gasteiger charge is 2.48. The molecule has 1 saturated heterocycles. The minimum Gasteiger partial charge on any atom is -0.344 e. The maximum absolute atomic E-state index is 15.6. The molecule has 0 spiro atoms. The average Bonchev–Trinajstić information content (AvgIpc) is 4.02. The molecule has 1 aromatic carbocycles. The van der Waals surface area contributed by atoms with Gasteiger partial charge in [0.25, 0.3) is 5.91 Å². The van der Waals surface area contributed by atoms with E-state index >= 15 is 4.39 Å². The number of nitrogens with zero attached hydrogens (tertiary/aromatic N) is 3. The van der Waals surface area contributed by atoms with Crippen molar-refractivity contribution in [1.82, 2.24) is 31.2 Å². The van der Waals surface area contributed by atoms with Gasteiger partial charge in [0.1, 0.15) is 30.3 Å². The molecule has 1 aromatic heterocycles. The van der Waals surface area contributed by atoms with Gasteiger partial charge in [-0.15, -0.1) is 0 Å². The van der Waals surface area contributed by atoms with Gasteiger partial charge in [-0.2, -0.15) is 0 Å². The molecule has 0 bridgehead atoms. The van der Waals surface area contributed by atoms with Gasteiger partial charge < -0.3 is 26.2 Å². The lowest BCUT2D eigenvalue weighted by molar-refractivity contribution is -0.138. The maximum atomic E-state index is 15.6. The summed E-state index contributed by atoms with van der Waals surface area (Å²) in [6.45, 7) is 5.50. The van der Waals surface area contributed by atoms with Crippen LogP contribution >= 0.6 is 0 Å². The van der Waals surface area contributed by atoms with Crippen LogP contribution in [0.4, 0.5) is 14.5 Å². The Bertz CT molecular complexity index is 1420. The lowest BCUT2D eigenvalue weighted by Crippen LogP contribution is -2.58. The fourth-order valence-electron chi connectivity index (χ4n) is 6.37. The van der Waals surface area contributed by atoms with Crippen LogP contribution in [0, 0.1) is 23.6 Å². The van der Waals surface area contributed by atoms with Gasteiger partial charge in [-0.25, -0.2) is 13.4 Å². The van der Waals surface area contributed by atoms with Gasteiger partial charge in [0.15, 0.2) is 5.69 Å². The molecule has 2 aliphatic carbocycles. The fourth-order valence-corrected chi connectivity index (χ4v) is 6.37. The van der Waals surface area contributed by atoms with Crippen molar-refractivity contribution in [2.75, 3.05) is 31.6 Å². The van der Waals surface area contributed by atoms with E-state index in [-0.39, 0.29) is 42.1 Å². The zero-order valence-electron chi connectivity index (χ0n) is 26.5. The number of nitrogens with one attached hydrogen (secondary N) is 4. The van der Waals surface area contributed by atoms with E-state index in [2.05, 4.69) is 31.6 Å². The van der Waals surface area contributed by atoms with E-state index in [0.717, 1.165) is 25.7 Å². The highest BCUT2D eigenvalue weighted by molar-refractivity contribution is 6.01. The highest BCUT2D eigenvalue weighted by atomic mass is 19.1. The summed E-state index contributed by atoms with van der Waals surface area (Å²) in [7, 11) is 0. The molecule has 0 radical (unpaired) electrons. The number of amides is 4. The SMILES string of the molecule is CCC(=O)N[C@@H](C(=O)N1CCN[C@H](CF)C1)[C@@H](C)c1ccc(NC(=O)[C@@H](NC(=O)c2nonc2CC)C(C2CC2)C2CC2)c(F)c1. The van der Waals surface area contributed by atoms with Crippen molar-refractivity contribution < 1.29 is 32.6 Å². The summed E-state index contributed by atoms with van der Waals surface area (Å²) in [5.74, 6) is -2.67. The second kappa shape index (κ2) is 14.7. The van der Waals surface area contributed by atoms with E-state index in [4.69, 9.17) is 4.63 Å². The first kappa shape index (κ1) is 33.4. The van der Waals surface area contributed by atoms with Gasteiger partial charge >= 0.3 is 0 Å². The van der Waals surface area contributed by atoms with Gasteiger partial charge in [0.2, 0.25) is 17.7 Å². The Balaban J connectivity index is 1.34. The van der Waals surface area contributed by atoms with Gasteiger partial charge in [0.05, 0.1) is 11.7 Å². The van der Waals surface area contributed by atoms with Crippen LogP contribution in [0.15, 0.2) is 22.8 Å². The molecule has 46 heavy (non-hydrogen) atoms. The smallest absolute Gasteiger partial charge is 0.276 e. The number of anilines is 1. The highest BCUT2D eigenvalue weighted by Crippen LogP contribution is 2.51. The van der Waals surface area contributed by atoms with E-state index < -0.39 is 48.3 Å². The number of hydrogen-bond donors (Lipinski definition) is 4. The van der Waals surface area contributed by atoms with Crippen molar-refractivity contribution in [3.63, 3.8) is 0 Å². The normalized spacial score (nSPS) is 20.1. The molecule has 1 aliphatic heterocycles. The standard InChI is InChI=1S/C32H43F2N7O5/c1-4-23-28(40-46-39-23)30(43)38-29(26(18-6-7-18)19-8-9-19)31(44)36-24-11-10-20(14-22(24)34)17(3)27(37-25(42)5-2)32(45)41-13-12-35-21(15-33)16-41/h10-11,14,17-19,21,26-27,29,35H,4-9,12-13,15-16H2,1-3H3,(H,36,44)(H,37,42)(H,38,43)/t17-,21+,27+,29-/m0/s1. The minimum atomic E-state index is -0.998. The van der Waals surface area contributed by atoms with Crippen molar-refractivity contribution >= 4 is 29.3 Å². The monoisotopic (exact) mass is 643 g/mol. The molecule has 2 saturated carbocycles. The first-order valence-corrected chi connectivity index (χ1v) is 16.2. The number of halogens is 2. The quantitative estimate of drug-likeness (QED) is 0.245. The van der Waals surface area contributed by atoms with Crippen molar-refractivity contribution in [1.29, 1.82) is 0 Å². The molecule has 12 nitrogen and oxygen atoms in total. The zero-order valence-corrected chi connectivity index (χ0v) is 26.5. The number of aryl methyl sites for hydroxylation is 1. The lowest BCUT2D eigenvalue weighted by Gasteiger charge is -2.36. The molecule has 0 unspecified atom stereocenters. The molecule has 3 aliphatic rings. The van der Waals surface area contributed by atoms with E-state index in [1.807, 2.05) is 6.92 Å². The fraction of sp³-hybridized carbons (Fsp3) is 0.625. The summed E-state index contributed by atoms with van der Waals surface area (Å²) >= 11 is 0. The number of alkyl halides is 1. The molecular weight excluding hydrogens is 600 g/mol. The lowest BCUT2D eigenvalue weighted by atomic mass is 9.88. The predicted octanol–water partition coefficient (Wildman–Crippen LogP) is 2.71. The molecule has 14 heteroatoms. The Morgan fingerprint density at radius 1 is 1.07 bits per heavy atom. The third-order valence-electron chi connectivity index (χ3n) is 9.33. The van der Waals surface area contributed by atoms with Crippen LogP contribution in [0.2, 0.25) is 0 Å². The van der Waals surface area contributed by atoms with Crippen LogP contribution in [0.1, 0.15) is 80.5 Å². The number of hydrogen-bond acceptors (Lipinski definition) is 8. The summed E-state index contributed by atoms with van der Waals surface area (Å²) in [4.78, 5) is 54.4. The molecule has 2 heterocycles. The molecule has 4 amide bonds. The first-order valence-electron chi connectivity index (χ1n) is 16.2. The van der Waals surface area contributed by atoms with E-state index in [1.165, 1.54) is 17.0 Å². The van der Waals surface area contributed by atoms with E-state index in [1.54, 1.807) is 19.9 Å². The third-order valence-corrected chi connectivity index (χ3v) is 9.33. The van der Waals surface area contributed by atoms with Crippen LogP contribution in [0.3, 0.4) is 0 Å². The third kappa shape index (κ3) is 7.71. The molecule has 2 aromatic rings. The molecular formula is C32H43F2N7O5. The Kier molecular flexibility index (Phi) is 10.6. The molecule has 4 N–H and O–H groups in total. The van der Waals surface area contributed by atoms with Gasteiger partial charge in [-0.1, -0.05) is 32.0 Å². The van der Waals surface area contributed by atoms with Crippen LogP contribution in [0.25, 0.3) is 0 Å². The number of aromatic nitrogens is 2. The minimum absolute atomic E-state index is 0.0236. The number of carbonyl (C=O) groups is 4. The van der Waals surface area contributed by atoms with Crippen molar-refractivity contribution in [2.45, 2.75) is 83.3 Å². The summed E-state index contributed by atoms with van der Waals surface area (Å²) in [6, 6.07) is 1.86. The second-order valence-corrected chi connectivity index (χ2v) is 12.6. The summed E-state index contributed by atoms with van der Waals surface area (Å²) in [5.41, 5.74) is 0.770. The number of rotatable bonds is 14. The first-order chi connectivity index (χ1) is 22.1. The van der Waals surface area contributed by atoms with E-state index in [9.17, 15) is 23.6 Å². The van der Waals surface area contributed by atoms with Crippen molar-refractivity contribution in [3.8, 4) is 0 Å². The Morgan fingerprint density at radius 2 is 1.78 bits per heavy atom. The van der Waals surface area contributed by atoms with Crippen LogP contribution in [0.5, 0.6) is 0 Å². The summed E-state index contributed by atoms with van der Waals surface area (Å²) in [5, 5.41) is 18.8. The largest absolute Gasteiger partial charge is 0.344 e. The Hall–Kier alpha value is -3.94. The topological polar surface area (TPSA) is 159 Å². The molecule has 3 fully saturated rings. The number of benzene rings is 1. The number of carbonyl (C=O) groups excluding carboxylic acids is 4. The zero-order chi connectivity index (χ0) is 33.0. The molecule has 4 atom stereocenters. The van der Waals surface area contributed by atoms with Crippen LogP contribution in [-0.4, -0.2) is 83.3 Å². The summed E-state index contributed by atoms with van der Waals surface area (Å²) in [6.07, 6.45) is 4.43. The maximum Gasteiger partial charge on any atom is 0.276 e. The molecule has 5 rings (SSSR count). The summed E-state index contributed by atoms with van der Waals surface area (Å²) < 4.78 is 33.7. The van der Waals surface area contributed by atoms with Crippen LogP contribution < -0.4 is 21.3 Å². The van der Waals surface area contributed by atoms with Crippen molar-refractivity contribution in [2.24, 2.45) is 17.8 Å². The Labute approximate surface area is 266 Å². The van der Waals surface area contributed by atoms with Crippen molar-refractivity contribution in [3.05, 3.63) is 41.0 Å². The van der Waals surface area contributed by atoms with Crippen LogP contribution in [-0.2, 0) is 20.8 Å². The predicted molar refractivity (Wildman–Crippen MR) is 164 cm³/mol. The van der Waals surface area contributed by atoms with E-state index in [0.29, 0.717) is 42.6 Å². The van der Waals surface area contributed by atoms with Gasteiger partial charge in [0, 0.05) is 32.0 Å². The van der Waals surface area contributed by atoms with Gasteiger partial charge in [-0.05, 0) is 72.7 Å². The van der Waals surface area contributed by atoms with Gasteiger partial charge in [-0.3, -0.25) is 19.2 Å². The average molecular weight is 644 g/mol. The second-order valence-electron chi connectivity index (χ2n) is 12.6. The number of piperazine rings is 1. The molecule has 250 valence electrons. The Morgan fingerprint density at radius 3 is 2.39 bits per heavy atom.